The van der Waals surface area contributed by atoms with Crippen LogP contribution in [0.4, 0.5) is 17.5 Å². The van der Waals surface area contributed by atoms with Gasteiger partial charge in [0.05, 0.1) is 18.4 Å². The fraction of sp³-hybridized carbons (Fsp3) is 0.348. The topological polar surface area (TPSA) is 320 Å². The van der Waals surface area contributed by atoms with Crippen molar-refractivity contribution in [3.63, 3.8) is 0 Å². The fourth-order valence-electron chi connectivity index (χ4n) is 3.99. The van der Waals surface area contributed by atoms with Crippen LogP contribution in [0.2, 0.25) is 0 Å². The predicted octanol–water partition coefficient (Wildman–Crippen LogP) is -4.26. The smallest absolute Gasteiger partial charge is 0.778 e. The number of hydrogen-bond donors (Lipinski definition) is 8. The normalized spacial score (nSPS) is 14.0. The van der Waals surface area contributed by atoms with Crippen molar-refractivity contribution in [2.45, 2.75) is 37.2 Å². The van der Waals surface area contributed by atoms with Gasteiger partial charge >= 0.3 is 43.1 Å². The second-order valence-corrected chi connectivity index (χ2v) is 13.5. The first-order chi connectivity index (χ1) is 20.5. The number of carbonyl (C=O) groups excluding carboxylic acids is 2. The number of aromatic nitrogens is 4. The Morgan fingerprint density at radius 1 is 1.04 bits per heavy atom. The molecule has 3 atom stereocenters. The van der Waals surface area contributed by atoms with Gasteiger partial charge in [-0.25, -0.2) is 14.8 Å². The van der Waals surface area contributed by atoms with E-state index in [0.717, 1.165) is 0 Å². The molecule has 0 bridgehead atoms. The maximum absolute atomic E-state index is 12.7. The van der Waals surface area contributed by atoms with Crippen molar-refractivity contribution < 1.29 is 77.8 Å². The summed E-state index contributed by atoms with van der Waals surface area (Å²) in [6.45, 7) is -0.213. The summed E-state index contributed by atoms with van der Waals surface area (Å²) in [5.74, 6) is -2.84. The maximum Gasteiger partial charge on any atom is 1.00 e. The third-order valence-electron chi connectivity index (χ3n) is 6.22. The van der Waals surface area contributed by atoms with Crippen LogP contribution in [-0.2, 0) is 25.3 Å². The number of carbonyl (C=O) groups is 3. The maximum atomic E-state index is 12.7. The first-order valence-corrected chi connectivity index (χ1v) is 16.0. The van der Waals surface area contributed by atoms with Crippen molar-refractivity contribution in [1.29, 1.82) is 0 Å². The van der Waals surface area contributed by atoms with E-state index in [1.807, 2.05) is 4.90 Å². The largest absolute Gasteiger partial charge is 1.00 e. The summed E-state index contributed by atoms with van der Waals surface area (Å²) in [6.07, 6.45) is -0.0205. The number of anilines is 3. The van der Waals surface area contributed by atoms with Crippen LogP contribution in [0.25, 0.3) is 11.2 Å². The molecule has 3 rings (SSSR count). The van der Waals surface area contributed by atoms with Gasteiger partial charge in [-0.05, 0) is 37.1 Å². The second-order valence-electron chi connectivity index (χ2n) is 9.58. The Morgan fingerprint density at radius 3 is 2.27 bits per heavy atom. The molecule has 2 amide bonds. The van der Waals surface area contributed by atoms with Crippen LogP contribution in [0.15, 0.2) is 30.5 Å². The van der Waals surface area contributed by atoms with Gasteiger partial charge in [0, 0.05) is 31.3 Å². The average molecular weight is 677 g/mol. The Hall–Kier alpha value is -3.25. The molecule has 45 heavy (non-hydrogen) atoms. The molecule has 0 saturated carbocycles. The Labute approximate surface area is 277 Å². The first kappa shape index (κ1) is 37.9. The average Bonchev–Trinajstić information content (AvgIpc) is 2.92. The number of carboxylic acids is 1. The van der Waals surface area contributed by atoms with Crippen LogP contribution in [0.1, 0.15) is 35.3 Å². The van der Waals surface area contributed by atoms with Gasteiger partial charge in [0.15, 0.2) is 17.0 Å². The first-order valence-electron chi connectivity index (χ1n) is 12.7. The summed E-state index contributed by atoms with van der Waals surface area (Å²) in [4.78, 5) is 93.1. The Kier molecular flexibility index (Phi) is 13.4. The molecule has 2 aromatic heterocycles. The zero-order chi connectivity index (χ0) is 32.8. The summed E-state index contributed by atoms with van der Waals surface area (Å²) < 4.78 is 22.5. The number of carboxylic acid groups (broad SMARTS) is 1. The van der Waals surface area contributed by atoms with E-state index in [9.17, 15) is 33.5 Å². The zero-order valence-corrected chi connectivity index (χ0v) is 27.9. The molecule has 0 spiro atoms. The molecule has 10 N–H and O–H groups in total. The zero-order valence-electron chi connectivity index (χ0n) is 24.1. The minimum Gasteiger partial charge on any atom is -0.778 e. The van der Waals surface area contributed by atoms with E-state index in [2.05, 4.69) is 30.6 Å². The standard InChI is InChI=1S/C23H31N9O10P2.Na/c1-32(11-13-10-27-20-18(28-13)19(24)30-23(25)31-20)14-4-2-12(3-5-14)21(34)29-15(22(35)36)6-7-16(33)26-9-8-17(43(37,38)39)44(40,41)42;/h2-5,10,15,17H,6-9,11H2,1H3,(H,26,33)(H,29,34)(H,35,36)(H2,37,38,39)(H2,40,41,42)(H4,24,25,27,30,31);/q;+1/p-1. The molecule has 22 heteroatoms. The van der Waals surface area contributed by atoms with E-state index in [-0.39, 0.29) is 59.0 Å². The molecule has 1 aromatic carbocycles. The van der Waals surface area contributed by atoms with E-state index in [1.54, 1.807) is 19.2 Å². The Morgan fingerprint density at radius 2 is 1.69 bits per heavy atom. The number of benzene rings is 1. The van der Waals surface area contributed by atoms with Gasteiger partial charge in [-0.3, -0.25) is 14.2 Å². The summed E-state index contributed by atoms with van der Waals surface area (Å²) in [5, 5.41) is 11.6. The minimum absolute atomic E-state index is 0. The molecule has 19 nitrogen and oxygen atoms in total. The molecular formula is C23H30N9NaO10P2. The van der Waals surface area contributed by atoms with Gasteiger partial charge in [-0.2, -0.15) is 9.97 Å². The summed E-state index contributed by atoms with van der Waals surface area (Å²) in [6, 6.07) is 4.74. The number of aliphatic carboxylic acids is 1. The van der Waals surface area contributed by atoms with Crippen LogP contribution in [0.5, 0.6) is 0 Å². The third-order valence-corrected chi connectivity index (χ3v) is 10.0. The van der Waals surface area contributed by atoms with Gasteiger partial charge in [0.1, 0.15) is 19.0 Å². The second kappa shape index (κ2) is 15.8. The van der Waals surface area contributed by atoms with Crippen LogP contribution < -0.4 is 61.5 Å². The van der Waals surface area contributed by atoms with Crippen LogP contribution >= 0.6 is 15.2 Å². The van der Waals surface area contributed by atoms with Crippen molar-refractivity contribution in [3.05, 3.63) is 41.7 Å². The van der Waals surface area contributed by atoms with Crippen molar-refractivity contribution >= 4 is 61.6 Å². The molecule has 3 aromatic rings. The van der Waals surface area contributed by atoms with E-state index in [1.165, 1.54) is 18.3 Å². The van der Waals surface area contributed by atoms with Gasteiger partial charge in [0.25, 0.3) is 5.91 Å². The number of nitrogen functional groups attached to an aromatic ring is 2. The fourth-order valence-corrected chi connectivity index (χ4v) is 6.43. The van der Waals surface area contributed by atoms with E-state index >= 15 is 0 Å². The number of hydrogen-bond acceptors (Lipinski definition) is 13. The Balaban J connectivity index is 0.00000705. The molecule has 0 aliphatic carbocycles. The third kappa shape index (κ3) is 11.0. The van der Waals surface area contributed by atoms with Gasteiger partial charge < -0.3 is 56.2 Å². The SMILES string of the molecule is CN(Cc1cnc2nc(N)nc(N)c2n1)c1ccc(C(=O)NC(CCC(=O)NCCC(P(=O)([O-])O)P(=O)(O)O)C(=O)O)cc1.[Na+]. The minimum atomic E-state index is -5.39. The van der Waals surface area contributed by atoms with Crippen molar-refractivity contribution in [2.24, 2.45) is 0 Å². The number of rotatable bonds is 14. The van der Waals surface area contributed by atoms with Crippen LogP contribution in [0, 0.1) is 0 Å². The van der Waals surface area contributed by atoms with Crippen LogP contribution in [-0.4, -0.2) is 82.5 Å². The van der Waals surface area contributed by atoms with Crippen LogP contribution in [0.3, 0.4) is 0 Å². The molecule has 238 valence electrons. The molecular weight excluding hydrogens is 647 g/mol. The summed E-state index contributed by atoms with van der Waals surface area (Å²) >= 11 is 0. The van der Waals surface area contributed by atoms with Crippen molar-refractivity contribution in [1.82, 2.24) is 30.6 Å². The van der Waals surface area contributed by atoms with Gasteiger partial charge in [0.2, 0.25) is 11.9 Å². The number of nitrogens with one attached hydrogen (secondary N) is 2. The number of nitrogens with two attached hydrogens (primary N) is 2. The molecule has 0 saturated heterocycles. The summed E-state index contributed by atoms with van der Waals surface area (Å²) in [7, 11) is -8.83. The monoisotopic (exact) mass is 677 g/mol. The van der Waals surface area contributed by atoms with Gasteiger partial charge in [-0.15, -0.1) is 0 Å². The molecule has 3 unspecified atom stereocenters. The predicted molar refractivity (Wildman–Crippen MR) is 154 cm³/mol. The molecule has 0 radical (unpaired) electrons. The van der Waals surface area contributed by atoms with E-state index < -0.39 is 63.8 Å². The number of fused-ring (bicyclic) bond motifs is 1. The number of amides is 2. The number of nitrogens with zero attached hydrogens (tertiary/aromatic N) is 5. The molecule has 0 aliphatic rings. The van der Waals surface area contributed by atoms with E-state index in [0.29, 0.717) is 23.4 Å². The van der Waals surface area contributed by atoms with E-state index in [4.69, 9.17) is 26.1 Å². The van der Waals surface area contributed by atoms with Crippen molar-refractivity contribution in [2.75, 3.05) is 30.0 Å². The summed E-state index contributed by atoms with van der Waals surface area (Å²) in [5.41, 5.74) is 13.4. The Bertz CT molecular complexity index is 1620. The quantitative estimate of drug-likeness (QED) is 0.0591. The van der Waals surface area contributed by atoms with Gasteiger partial charge in [-0.1, -0.05) is 0 Å². The molecule has 0 aliphatic heterocycles. The molecule has 2 heterocycles. The van der Waals surface area contributed by atoms with Crippen molar-refractivity contribution in [3.8, 4) is 0 Å². The molecule has 0 fully saturated rings.